The van der Waals surface area contributed by atoms with Crippen LogP contribution in [0.4, 0.5) is 0 Å². The molecule has 0 aromatic carbocycles. The Morgan fingerprint density at radius 3 is 1.43 bits per heavy atom. The van der Waals surface area contributed by atoms with Crippen LogP contribution in [-0.4, -0.2) is 22.2 Å². The van der Waals surface area contributed by atoms with Gasteiger partial charge in [0.1, 0.15) is 0 Å². The maximum Gasteiger partial charge on any atom is 0.310 e. The van der Waals surface area contributed by atoms with Crippen molar-refractivity contribution in [3.05, 3.63) is 12.2 Å². The monoisotopic (exact) mass is 396 g/mol. The molecule has 0 aliphatic heterocycles. The standard InChI is InChI=1S/C24H44O4/c1-2-3-4-5-6-7-8-9-10-11-12-13-14-15-16-17-18-19-20-22(24(27)28)21-23(25)26/h19-20,22H,2-18,21H2,1H3,(H,25,26)(H,27,28). The van der Waals surface area contributed by atoms with Crippen LogP contribution in [0.3, 0.4) is 0 Å². The van der Waals surface area contributed by atoms with Crippen LogP contribution in [0.15, 0.2) is 12.2 Å². The zero-order valence-electron chi connectivity index (χ0n) is 18.2. The van der Waals surface area contributed by atoms with Crippen LogP contribution in [-0.2, 0) is 9.59 Å². The summed E-state index contributed by atoms with van der Waals surface area (Å²) in [5.41, 5.74) is 0. The molecule has 0 fully saturated rings. The number of aliphatic carboxylic acids is 2. The molecule has 0 aliphatic rings. The second kappa shape index (κ2) is 20.4. The Labute approximate surface area is 172 Å². The van der Waals surface area contributed by atoms with E-state index in [-0.39, 0.29) is 6.42 Å². The maximum absolute atomic E-state index is 10.9. The number of carboxylic acids is 2. The molecule has 1 atom stereocenters. The summed E-state index contributed by atoms with van der Waals surface area (Å²) in [4.78, 5) is 21.5. The lowest BCUT2D eigenvalue weighted by atomic mass is 10.0. The molecular weight excluding hydrogens is 352 g/mol. The minimum absolute atomic E-state index is 0.342. The molecule has 4 heteroatoms. The van der Waals surface area contributed by atoms with E-state index in [2.05, 4.69) is 6.92 Å². The van der Waals surface area contributed by atoms with E-state index < -0.39 is 17.9 Å². The van der Waals surface area contributed by atoms with E-state index in [0.717, 1.165) is 12.8 Å². The second-order valence-corrected chi connectivity index (χ2v) is 8.06. The average molecular weight is 397 g/mol. The van der Waals surface area contributed by atoms with Crippen LogP contribution < -0.4 is 0 Å². The van der Waals surface area contributed by atoms with Gasteiger partial charge in [-0.3, -0.25) is 9.59 Å². The van der Waals surface area contributed by atoms with Gasteiger partial charge in [-0.25, -0.2) is 0 Å². The van der Waals surface area contributed by atoms with Crippen molar-refractivity contribution in [2.75, 3.05) is 0 Å². The van der Waals surface area contributed by atoms with E-state index >= 15 is 0 Å². The summed E-state index contributed by atoms with van der Waals surface area (Å²) in [7, 11) is 0. The van der Waals surface area contributed by atoms with Crippen molar-refractivity contribution in [3.63, 3.8) is 0 Å². The summed E-state index contributed by atoms with van der Waals surface area (Å²) in [5, 5.41) is 17.6. The number of hydrogen-bond acceptors (Lipinski definition) is 2. The Morgan fingerprint density at radius 2 is 1.07 bits per heavy atom. The van der Waals surface area contributed by atoms with Crippen molar-refractivity contribution >= 4 is 11.9 Å². The van der Waals surface area contributed by atoms with Crippen molar-refractivity contribution in [2.24, 2.45) is 5.92 Å². The molecule has 0 aromatic rings. The summed E-state index contributed by atoms with van der Waals surface area (Å²) in [5.74, 6) is -3.04. The van der Waals surface area contributed by atoms with Crippen LogP contribution in [0.25, 0.3) is 0 Å². The summed E-state index contributed by atoms with van der Waals surface area (Å²) in [6, 6.07) is 0. The summed E-state index contributed by atoms with van der Waals surface area (Å²) >= 11 is 0. The van der Waals surface area contributed by atoms with Gasteiger partial charge in [-0.1, -0.05) is 115 Å². The van der Waals surface area contributed by atoms with Gasteiger partial charge in [-0.2, -0.15) is 0 Å². The molecule has 1 unspecified atom stereocenters. The fraction of sp³-hybridized carbons (Fsp3) is 0.833. The number of carbonyl (C=O) groups is 2. The van der Waals surface area contributed by atoms with Crippen molar-refractivity contribution in [1.29, 1.82) is 0 Å². The highest BCUT2D eigenvalue weighted by Crippen LogP contribution is 2.14. The molecule has 0 bridgehead atoms. The summed E-state index contributed by atoms with van der Waals surface area (Å²) in [6.07, 6.45) is 25.3. The molecule has 0 aliphatic carbocycles. The Morgan fingerprint density at radius 1 is 0.679 bits per heavy atom. The van der Waals surface area contributed by atoms with Crippen molar-refractivity contribution < 1.29 is 19.8 Å². The van der Waals surface area contributed by atoms with Crippen LogP contribution in [0.2, 0.25) is 0 Å². The zero-order chi connectivity index (χ0) is 20.9. The van der Waals surface area contributed by atoms with Gasteiger partial charge in [0, 0.05) is 0 Å². The number of allylic oxidation sites excluding steroid dienone is 1. The van der Waals surface area contributed by atoms with Crippen LogP contribution in [0, 0.1) is 5.92 Å². The van der Waals surface area contributed by atoms with Gasteiger partial charge >= 0.3 is 11.9 Å². The predicted molar refractivity (Wildman–Crippen MR) is 117 cm³/mol. The van der Waals surface area contributed by atoms with E-state index in [9.17, 15) is 9.59 Å². The highest BCUT2D eigenvalue weighted by molar-refractivity contribution is 5.79. The fourth-order valence-corrected chi connectivity index (χ4v) is 3.50. The summed E-state index contributed by atoms with van der Waals surface area (Å²) in [6.45, 7) is 2.27. The third-order valence-corrected chi connectivity index (χ3v) is 5.30. The minimum Gasteiger partial charge on any atom is -0.481 e. The van der Waals surface area contributed by atoms with Gasteiger partial charge < -0.3 is 10.2 Å². The fourth-order valence-electron chi connectivity index (χ4n) is 3.50. The Bertz CT molecular complexity index is 403. The van der Waals surface area contributed by atoms with E-state index in [0.29, 0.717) is 0 Å². The molecule has 0 aromatic heterocycles. The molecule has 0 saturated heterocycles. The lowest BCUT2D eigenvalue weighted by Gasteiger charge is -2.04. The molecule has 0 radical (unpaired) electrons. The third kappa shape index (κ3) is 19.4. The molecule has 164 valence electrons. The van der Waals surface area contributed by atoms with Gasteiger partial charge in [0.2, 0.25) is 0 Å². The van der Waals surface area contributed by atoms with Crippen molar-refractivity contribution in [3.8, 4) is 0 Å². The zero-order valence-corrected chi connectivity index (χ0v) is 18.2. The first-order valence-corrected chi connectivity index (χ1v) is 11.7. The average Bonchev–Trinajstić information content (AvgIpc) is 2.65. The third-order valence-electron chi connectivity index (χ3n) is 5.30. The normalized spacial score (nSPS) is 12.5. The first-order chi connectivity index (χ1) is 13.6. The predicted octanol–water partition coefficient (Wildman–Crippen LogP) is 7.37. The van der Waals surface area contributed by atoms with E-state index in [1.54, 1.807) is 0 Å². The topological polar surface area (TPSA) is 74.6 Å². The second-order valence-electron chi connectivity index (χ2n) is 8.06. The smallest absolute Gasteiger partial charge is 0.310 e. The first-order valence-electron chi connectivity index (χ1n) is 11.7. The highest BCUT2D eigenvalue weighted by atomic mass is 16.4. The van der Waals surface area contributed by atoms with Gasteiger partial charge in [-0.05, 0) is 12.8 Å². The van der Waals surface area contributed by atoms with Gasteiger partial charge in [0.05, 0.1) is 12.3 Å². The van der Waals surface area contributed by atoms with E-state index in [1.165, 1.54) is 102 Å². The molecule has 28 heavy (non-hydrogen) atoms. The molecule has 2 N–H and O–H groups in total. The minimum atomic E-state index is -1.07. The Kier molecular flexibility index (Phi) is 19.5. The number of rotatable bonds is 21. The number of hydrogen-bond donors (Lipinski definition) is 2. The van der Waals surface area contributed by atoms with E-state index in [1.807, 2.05) is 6.08 Å². The quantitative estimate of drug-likeness (QED) is 0.157. The van der Waals surface area contributed by atoms with Gasteiger partial charge in [-0.15, -0.1) is 0 Å². The largest absolute Gasteiger partial charge is 0.481 e. The lowest BCUT2D eigenvalue weighted by Crippen LogP contribution is -2.15. The van der Waals surface area contributed by atoms with Crippen LogP contribution in [0.1, 0.15) is 122 Å². The van der Waals surface area contributed by atoms with Crippen molar-refractivity contribution in [2.45, 2.75) is 122 Å². The Hall–Kier alpha value is -1.32. The lowest BCUT2D eigenvalue weighted by molar-refractivity contribution is -0.146. The molecular formula is C24H44O4. The number of carboxylic acid groups (broad SMARTS) is 2. The van der Waals surface area contributed by atoms with Gasteiger partial charge in [0.15, 0.2) is 0 Å². The molecule has 0 saturated carbocycles. The summed E-state index contributed by atoms with van der Waals surface area (Å²) < 4.78 is 0. The molecule has 0 heterocycles. The molecule has 0 amide bonds. The molecule has 0 spiro atoms. The number of unbranched alkanes of at least 4 members (excludes halogenated alkanes) is 16. The first kappa shape index (κ1) is 26.7. The molecule has 0 rings (SSSR count). The van der Waals surface area contributed by atoms with Crippen LogP contribution >= 0.6 is 0 Å². The SMILES string of the molecule is CCCCCCCCCCCCCCCCCCC=CC(CC(=O)O)C(=O)O. The van der Waals surface area contributed by atoms with Crippen LogP contribution in [0.5, 0.6) is 0 Å². The Balaban J connectivity index is 3.32. The maximum atomic E-state index is 10.9. The highest BCUT2D eigenvalue weighted by Gasteiger charge is 2.17. The van der Waals surface area contributed by atoms with E-state index in [4.69, 9.17) is 10.2 Å². The molecule has 4 nitrogen and oxygen atoms in total. The van der Waals surface area contributed by atoms with Crippen molar-refractivity contribution in [1.82, 2.24) is 0 Å². The van der Waals surface area contributed by atoms with Gasteiger partial charge in [0.25, 0.3) is 0 Å².